The second-order valence-electron chi connectivity index (χ2n) is 4.89. The van der Waals surface area contributed by atoms with Crippen LogP contribution < -0.4 is 5.32 Å². The molecule has 1 N–H and O–H groups in total. The predicted octanol–water partition coefficient (Wildman–Crippen LogP) is 0.351. The maximum atomic E-state index is 11.4. The van der Waals surface area contributed by atoms with Gasteiger partial charge in [0.25, 0.3) is 0 Å². The van der Waals surface area contributed by atoms with Crippen LogP contribution in [0.5, 0.6) is 0 Å². The molecule has 0 aliphatic carbocycles. The third-order valence-electron chi connectivity index (χ3n) is 3.31. The first-order valence-corrected chi connectivity index (χ1v) is 7.87. The minimum atomic E-state index is -2.75. The number of nitrogens with one attached hydrogen (secondary N) is 1. The van der Waals surface area contributed by atoms with Crippen molar-refractivity contribution in [2.24, 2.45) is 5.92 Å². The minimum Gasteiger partial charge on any atom is -0.320 e. The van der Waals surface area contributed by atoms with Crippen molar-refractivity contribution in [3.63, 3.8) is 0 Å². The van der Waals surface area contributed by atoms with Gasteiger partial charge in [0.15, 0.2) is 9.84 Å². The molecule has 1 heterocycles. The number of hydrogen-bond donors (Lipinski definition) is 1. The summed E-state index contributed by atoms with van der Waals surface area (Å²) >= 11 is 0. The van der Waals surface area contributed by atoms with E-state index in [4.69, 9.17) is 0 Å². The first-order valence-electron chi connectivity index (χ1n) is 6.05. The highest BCUT2D eigenvalue weighted by Gasteiger charge is 2.28. The van der Waals surface area contributed by atoms with E-state index in [1.807, 2.05) is 7.05 Å². The highest BCUT2D eigenvalue weighted by molar-refractivity contribution is 7.91. The van der Waals surface area contributed by atoms with Gasteiger partial charge in [0.05, 0.1) is 11.5 Å². The second-order valence-corrected chi connectivity index (χ2v) is 7.20. The number of nitrogens with zero attached hydrogens (tertiary/aromatic N) is 1. The SMILES string of the molecule is CNCCC(C(C)C)N1CCS(=O)(=O)CC1. The molecule has 96 valence electrons. The van der Waals surface area contributed by atoms with Gasteiger partial charge in [0.1, 0.15) is 0 Å². The van der Waals surface area contributed by atoms with Crippen LogP contribution in [-0.2, 0) is 9.84 Å². The Hall–Kier alpha value is -0.130. The quantitative estimate of drug-likeness (QED) is 0.763. The summed E-state index contributed by atoms with van der Waals surface area (Å²) in [7, 11) is -0.796. The van der Waals surface area contributed by atoms with Gasteiger partial charge in [-0.15, -0.1) is 0 Å². The molecule has 1 aliphatic heterocycles. The zero-order chi connectivity index (χ0) is 12.2. The second kappa shape index (κ2) is 5.98. The third kappa shape index (κ3) is 4.03. The van der Waals surface area contributed by atoms with E-state index in [9.17, 15) is 8.42 Å². The minimum absolute atomic E-state index is 0.329. The zero-order valence-corrected chi connectivity index (χ0v) is 11.4. The molecule has 1 rings (SSSR count). The topological polar surface area (TPSA) is 49.4 Å². The summed E-state index contributed by atoms with van der Waals surface area (Å²) in [6.45, 7) is 6.82. The van der Waals surface area contributed by atoms with E-state index in [1.165, 1.54) is 0 Å². The van der Waals surface area contributed by atoms with Gasteiger partial charge in [0, 0.05) is 19.1 Å². The molecule has 16 heavy (non-hydrogen) atoms. The molecule has 5 heteroatoms. The summed E-state index contributed by atoms with van der Waals surface area (Å²) in [4.78, 5) is 2.34. The van der Waals surface area contributed by atoms with E-state index in [2.05, 4.69) is 24.1 Å². The summed E-state index contributed by atoms with van der Waals surface area (Å²) in [5.74, 6) is 1.24. The van der Waals surface area contributed by atoms with Gasteiger partial charge >= 0.3 is 0 Å². The van der Waals surface area contributed by atoms with Gasteiger partial charge in [-0.25, -0.2) is 8.42 Å². The Morgan fingerprint density at radius 1 is 1.25 bits per heavy atom. The van der Waals surface area contributed by atoms with Crippen molar-refractivity contribution in [1.82, 2.24) is 10.2 Å². The molecule has 1 unspecified atom stereocenters. The van der Waals surface area contributed by atoms with E-state index in [-0.39, 0.29) is 0 Å². The average molecular weight is 248 g/mol. The van der Waals surface area contributed by atoms with E-state index in [0.29, 0.717) is 36.6 Å². The summed E-state index contributed by atoms with van der Waals surface area (Å²) in [5, 5.41) is 3.16. The fraction of sp³-hybridized carbons (Fsp3) is 1.00. The van der Waals surface area contributed by atoms with Crippen molar-refractivity contribution < 1.29 is 8.42 Å². The Morgan fingerprint density at radius 3 is 2.25 bits per heavy atom. The van der Waals surface area contributed by atoms with Crippen molar-refractivity contribution >= 4 is 9.84 Å². The van der Waals surface area contributed by atoms with E-state index >= 15 is 0 Å². The Balaban J connectivity index is 2.53. The standard InChI is InChI=1S/C11H24N2O2S/c1-10(2)11(4-5-12-3)13-6-8-16(14,15)9-7-13/h10-12H,4-9H2,1-3H3. The molecule has 1 fully saturated rings. The van der Waals surface area contributed by atoms with Crippen molar-refractivity contribution in [3.8, 4) is 0 Å². The normalized spacial score (nSPS) is 23.5. The molecule has 4 nitrogen and oxygen atoms in total. The molecule has 1 saturated heterocycles. The smallest absolute Gasteiger partial charge is 0.152 e. The van der Waals surface area contributed by atoms with Crippen LogP contribution in [0.25, 0.3) is 0 Å². The maximum Gasteiger partial charge on any atom is 0.152 e. The van der Waals surface area contributed by atoms with E-state index < -0.39 is 9.84 Å². The Kier molecular flexibility index (Phi) is 5.21. The summed E-state index contributed by atoms with van der Waals surface area (Å²) in [5.41, 5.74) is 0. The maximum absolute atomic E-state index is 11.4. The third-order valence-corrected chi connectivity index (χ3v) is 4.92. The molecule has 0 spiro atoms. The molecule has 0 aromatic heterocycles. The summed E-state index contributed by atoms with van der Waals surface area (Å²) in [6.07, 6.45) is 1.09. The Labute approximate surface area is 99.3 Å². The molecule has 0 aromatic rings. The largest absolute Gasteiger partial charge is 0.320 e. The monoisotopic (exact) mass is 248 g/mol. The van der Waals surface area contributed by atoms with Crippen molar-refractivity contribution in [3.05, 3.63) is 0 Å². The lowest BCUT2D eigenvalue weighted by molar-refractivity contribution is 0.158. The number of sulfone groups is 1. The molecule has 1 atom stereocenters. The number of rotatable bonds is 5. The fourth-order valence-electron chi connectivity index (χ4n) is 2.29. The molecule has 0 amide bonds. The first kappa shape index (κ1) is 13.9. The van der Waals surface area contributed by atoms with Gasteiger partial charge in [-0.3, -0.25) is 4.90 Å². The molecule has 0 saturated carbocycles. The lowest BCUT2D eigenvalue weighted by Gasteiger charge is -2.36. The molecule has 0 aromatic carbocycles. The lowest BCUT2D eigenvalue weighted by Crippen LogP contribution is -2.48. The van der Waals surface area contributed by atoms with Crippen LogP contribution >= 0.6 is 0 Å². The van der Waals surface area contributed by atoms with E-state index in [0.717, 1.165) is 13.0 Å². The molecule has 0 radical (unpaired) electrons. The van der Waals surface area contributed by atoms with Crippen LogP contribution in [0.1, 0.15) is 20.3 Å². The van der Waals surface area contributed by atoms with Gasteiger partial charge < -0.3 is 5.32 Å². The molecular weight excluding hydrogens is 224 g/mol. The fourth-order valence-corrected chi connectivity index (χ4v) is 3.52. The van der Waals surface area contributed by atoms with Gasteiger partial charge in [-0.05, 0) is 25.9 Å². The predicted molar refractivity (Wildman–Crippen MR) is 67.4 cm³/mol. The molecule has 0 bridgehead atoms. The zero-order valence-electron chi connectivity index (χ0n) is 10.6. The van der Waals surface area contributed by atoms with Crippen LogP contribution in [0.2, 0.25) is 0 Å². The van der Waals surface area contributed by atoms with Crippen LogP contribution in [0, 0.1) is 5.92 Å². The van der Waals surface area contributed by atoms with E-state index in [1.54, 1.807) is 0 Å². The van der Waals surface area contributed by atoms with Crippen LogP contribution in [0.15, 0.2) is 0 Å². The van der Waals surface area contributed by atoms with Crippen LogP contribution in [0.3, 0.4) is 0 Å². The highest BCUT2D eigenvalue weighted by atomic mass is 32.2. The average Bonchev–Trinajstić information content (AvgIpc) is 2.20. The molecule has 1 aliphatic rings. The van der Waals surface area contributed by atoms with Crippen molar-refractivity contribution in [1.29, 1.82) is 0 Å². The van der Waals surface area contributed by atoms with Gasteiger partial charge in [-0.2, -0.15) is 0 Å². The van der Waals surface area contributed by atoms with Crippen molar-refractivity contribution in [2.45, 2.75) is 26.3 Å². The Bertz CT molecular complexity index is 287. The highest BCUT2D eigenvalue weighted by Crippen LogP contribution is 2.17. The summed E-state index contributed by atoms with van der Waals surface area (Å²) < 4.78 is 22.7. The van der Waals surface area contributed by atoms with Crippen LogP contribution in [0.4, 0.5) is 0 Å². The van der Waals surface area contributed by atoms with Gasteiger partial charge in [-0.1, -0.05) is 13.8 Å². The Morgan fingerprint density at radius 2 is 1.81 bits per heavy atom. The van der Waals surface area contributed by atoms with Crippen molar-refractivity contribution in [2.75, 3.05) is 38.2 Å². The lowest BCUT2D eigenvalue weighted by atomic mass is 9.99. The number of hydrogen-bond acceptors (Lipinski definition) is 4. The summed E-state index contributed by atoms with van der Waals surface area (Å²) in [6, 6.07) is 0.503. The first-order chi connectivity index (χ1) is 7.46. The van der Waals surface area contributed by atoms with Gasteiger partial charge in [0.2, 0.25) is 0 Å². The van der Waals surface area contributed by atoms with Crippen LogP contribution in [-0.4, -0.2) is 57.5 Å². The molecular formula is C11H24N2O2S.